The van der Waals surface area contributed by atoms with Gasteiger partial charge in [-0.1, -0.05) is 89.7 Å². The minimum Gasteiger partial charge on any atom is -0.461 e. The molecule has 1 atom stereocenters. The van der Waals surface area contributed by atoms with Crippen molar-refractivity contribution in [1.82, 2.24) is 0 Å². The molecule has 0 saturated carbocycles. The van der Waals surface area contributed by atoms with Crippen molar-refractivity contribution in [3.63, 3.8) is 0 Å². The van der Waals surface area contributed by atoms with Gasteiger partial charge in [0, 0.05) is 12.0 Å². The van der Waals surface area contributed by atoms with Gasteiger partial charge >= 0.3 is 5.97 Å². The van der Waals surface area contributed by atoms with E-state index in [2.05, 4.69) is 11.9 Å². The van der Waals surface area contributed by atoms with Crippen molar-refractivity contribution in [2.75, 3.05) is 6.61 Å². The van der Waals surface area contributed by atoms with E-state index < -0.39 is 0 Å². The number of ketones is 1. The number of unbranched alkanes of at least 4 members (excludes halogenated alkanes) is 10. The molecule has 0 N–H and O–H groups in total. The molecule has 232 valence electrons. The summed E-state index contributed by atoms with van der Waals surface area (Å²) in [4.78, 5) is 38.4. The normalized spacial score (nSPS) is 11.3. The third-order valence-electron chi connectivity index (χ3n) is 7.34. The summed E-state index contributed by atoms with van der Waals surface area (Å²) >= 11 is 0. The lowest BCUT2D eigenvalue weighted by atomic mass is 10.0. The van der Waals surface area contributed by atoms with E-state index >= 15 is 0 Å². The summed E-state index contributed by atoms with van der Waals surface area (Å²) in [5.41, 5.74) is 1.94. The molecule has 0 amide bonds. The van der Waals surface area contributed by atoms with E-state index in [1.54, 1.807) is 54.8 Å². The molecule has 0 fully saturated rings. The van der Waals surface area contributed by atoms with Crippen molar-refractivity contribution in [1.29, 1.82) is 5.26 Å². The number of isocyanates is 1. The first-order valence-electron chi connectivity index (χ1n) is 15.7. The SMILES string of the molecule is CCCCCC[C@H](CCCCCCCCCCC(=O)OCc1ccc(N=C=O)cc1)OCC(=O)c1ccc(OC#N)cc1. The maximum Gasteiger partial charge on any atom is 0.306 e. The number of carbonyl (C=O) groups is 2. The maximum atomic E-state index is 12.6. The van der Waals surface area contributed by atoms with Crippen LogP contribution in [0.2, 0.25) is 0 Å². The van der Waals surface area contributed by atoms with Crippen molar-refractivity contribution in [2.45, 2.75) is 116 Å². The molecule has 0 unspecified atom stereocenters. The number of nitrogens with zero attached hydrogens (tertiary/aromatic N) is 2. The van der Waals surface area contributed by atoms with Crippen LogP contribution in [0.25, 0.3) is 0 Å². The van der Waals surface area contributed by atoms with Gasteiger partial charge in [-0.3, -0.25) is 9.59 Å². The molecule has 43 heavy (non-hydrogen) atoms. The number of esters is 1. The van der Waals surface area contributed by atoms with Crippen molar-refractivity contribution in [3.8, 4) is 12.0 Å². The Balaban J connectivity index is 1.54. The minimum absolute atomic E-state index is 0.0623. The third kappa shape index (κ3) is 16.4. The Hall–Kier alpha value is -3.79. The Labute approximate surface area is 256 Å². The average molecular weight is 591 g/mol. The lowest BCUT2D eigenvalue weighted by Crippen LogP contribution is -2.19. The quantitative estimate of drug-likeness (QED) is 0.0300. The largest absolute Gasteiger partial charge is 0.461 e. The number of rotatable bonds is 24. The summed E-state index contributed by atoms with van der Waals surface area (Å²) in [6, 6.07) is 13.5. The monoisotopic (exact) mass is 590 g/mol. The third-order valence-corrected chi connectivity index (χ3v) is 7.34. The number of hydrogen-bond acceptors (Lipinski definition) is 8. The van der Waals surface area contributed by atoms with E-state index in [1.165, 1.54) is 38.2 Å². The van der Waals surface area contributed by atoms with Crippen LogP contribution < -0.4 is 4.74 Å². The van der Waals surface area contributed by atoms with Crippen molar-refractivity contribution in [3.05, 3.63) is 59.7 Å². The van der Waals surface area contributed by atoms with Gasteiger partial charge < -0.3 is 14.2 Å². The minimum atomic E-state index is -0.189. The van der Waals surface area contributed by atoms with Crippen LogP contribution in [0.5, 0.6) is 5.75 Å². The molecule has 0 saturated heterocycles. The second-order valence-electron chi connectivity index (χ2n) is 10.8. The standard InChI is InChI=1S/C35H46N2O6/c1-2-3-4-11-14-32(41-26-34(39)30-19-23-33(24-20-30)43-27-36)15-12-9-7-5-6-8-10-13-16-35(40)42-25-29-17-21-31(22-18-29)37-28-38/h17-24,32H,2-16,25-26H2,1H3/t32-/m1/s1. The molecule has 2 aromatic carbocycles. The van der Waals surface area contributed by atoms with Crippen LogP contribution >= 0.6 is 0 Å². The van der Waals surface area contributed by atoms with Gasteiger partial charge in [-0.15, -0.1) is 5.26 Å². The fourth-order valence-corrected chi connectivity index (χ4v) is 4.81. The Bertz CT molecular complexity index is 1150. The smallest absolute Gasteiger partial charge is 0.306 e. The summed E-state index contributed by atoms with van der Waals surface area (Å²) in [5, 5.41) is 8.60. The number of Topliss-reactive ketones (excluding diaryl/α,β-unsaturated/α-hetero) is 1. The zero-order valence-corrected chi connectivity index (χ0v) is 25.6. The van der Waals surface area contributed by atoms with E-state index in [9.17, 15) is 14.4 Å². The molecule has 8 nitrogen and oxygen atoms in total. The molecule has 0 aliphatic rings. The van der Waals surface area contributed by atoms with Crippen LogP contribution in [0.4, 0.5) is 5.69 Å². The van der Waals surface area contributed by atoms with Crippen molar-refractivity contribution < 1.29 is 28.6 Å². The molecule has 0 radical (unpaired) electrons. The van der Waals surface area contributed by atoms with E-state index in [0.717, 1.165) is 63.4 Å². The molecular weight excluding hydrogens is 544 g/mol. The zero-order valence-electron chi connectivity index (χ0n) is 25.6. The summed E-state index contributed by atoms with van der Waals surface area (Å²) in [6.45, 7) is 2.49. The van der Waals surface area contributed by atoms with Crippen LogP contribution in [-0.4, -0.2) is 30.5 Å². The van der Waals surface area contributed by atoms with Gasteiger partial charge in [0.05, 0.1) is 11.8 Å². The van der Waals surface area contributed by atoms with Gasteiger partial charge in [0.2, 0.25) is 6.08 Å². The molecule has 8 heteroatoms. The van der Waals surface area contributed by atoms with Crippen LogP contribution in [0.15, 0.2) is 53.5 Å². The molecule has 0 heterocycles. The Kier molecular flexibility index (Phi) is 18.7. The van der Waals surface area contributed by atoms with Gasteiger partial charge in [-0.2, -0.15) is 4.99 Å². The highest BCUT2D eigenvalue weighted by Crippen LogP contribution is 2.19. The van der Waals surface area contributed by atoms with Crippen molar-refractivity contribution >= 4 is 23.5 Å². The second-order valence-corrected chi connectivity index (χ2v) is 10.8. The van der Waals surface area contributed by atoms with Crippen LogP contribution in [0.1, 0.15) is 119 Å². The summed E-state index contributed by atoms with van der Waals surface area (Å²) in [5.74, 6) is 0.164. The van der Waals surface area contributed by atoms with Crippen molar-refractivity contribution in [2.24, 2.45) is 4.99 Å². The topological polar surface area (TPSA) is 115 Å². The molecular formula is C35H46N2O6. The number of carbonyl (C=O) groups excluding carboxylic acids is 3. The molecule has 0 aliphatic carbocycles. The van der Waals surface area contributed by atoms with E-state index in [4.69, 9.17) is 19.5 Å². The lowest BCUT2D eigenvalue weighted by Gasteiger charge is -2.18. The van der Waals surface area contributed by atoms with Crippen LogP contribution in [0, 0.1) is 11.5 Å². The highest BCUT2D eigenvalue weighted by Gasteiger charge is 2.13. The summed E-state index contributed by atoms with van der Waals surface area (Å²) < 4.78 is 16.2. The first-order valence-corrected chi connectivity index (χ1v) is 15.7. The lowest BCUT2D eigenvalue weighted by molar-refractivity contribution is -0.145. The Morgan fingerprint density at radius 2 is 1.42 bits per heavy atom. The fourth-order valence-electron chi connectivity index (χ4n) is 4.81. The van der Waals surface area contributed by atoms with Gasteiger partial charge in [-0.05, 0) is 61.2 Å². The number of hydrogen-bond donors (Lipinski definition) is 0. The predicted octanol–water partition coefficient (Wildman–Crippen LogP) is 8.70. The van der Waals surface area contributed by atoms with Gasteiger partial charge in [0.15, 0.2) is 5.78 Å². The average Bonchev–Trinajstić information content (AvgIpc) is 3.02. The van der Waals surface area contributed by atoms with Crippen LogP contribution in [0.3, 0.4) is 0 Å². The summed E-state index contributed by atoms with van der Waals surface area (Å²) in [7, 11) is 0. The maximum absolute atomic E-state index is 12.6. The zero-order chi connectivity index (χ0) is 31.0. The predicted molar refractivity (Wildman–Crippen MR) is 166 cm³/mol. The fraction of sp³-hybridized carbons (Fsp3) is 0.543. The number of aliphatic imine (C=N–C) groups is 1. The summed E-state index contributed by atoms with van der Waals surface area (Å²) in [6.07, 6.45) is 19.0. The number of nitriles is 1. The van der Waals surface area contributed by atoms with Gasteiger partial charge in [0.1, 0.15) is 19.0 Å². The van der Waals surface area contributed by atoms with Gasteiger partial charge in [0.25, 0.3) is 6.26 Å². The first kappa shape index (κ1) is 35.4. The molecule has 0 aromatic heterocycles. The Morgan fingerprint density at radius 3 is 2.02 bits per heavy atom. The first-order chi connectivity index (χ1) is 21.0. The highest BCUT2D eigenvalue weighted by molar-refractivity contribution is 5.97. The molecule has 0 spiro atoms. The molecule has 0 aliphatic heterocycles. The Morgan fingerprint density at radius 1 is 0.814 bits per heavy atom. The van der Waals surface area contributed by atoms with E-state index in [1.807, 2.05) is 0 Å². The molecule has 0 bridgehead atoms. The van der Waals surface area contributed by atoms with E-state index in [-0.39, 0.29) is 31.1 Å². The number of benzene rings is 2. The molecule has 2 aromatic rings. The van der Waals surface area contributed by atoms with E-state index in [0.29, 0.717) is 23.4 Å². The second kappa shape index (κ2) is 22.8. The highest BCUT2D eigenvalue weighted by atomic mass is 16.5. The van der Waals surface area contributed by atoms with Gasteiger partial charge in [-0.25, -0.2) is 4.79 Å². The van der Waals surface area contributed by atoms with Crippen LogP contribution in [-0.2, 0) is 25.7 Å². The molecule has 2 rings (SSSR count). The number of ether oxygens (including phenoxy) is 3.